The molecule has 1 fully saturated rings. The summed E-state index contributed by atoms with van der Waals surface area (Å²) in [6.07, 6.45) is 0.590. The Balaban J connectivity index is 1.21. The van der Waals surface area contributed by atoms with Crippen LogP contribution in [-0.4, -0.2) is 173 Å². The van der Waals surface area contributed by atoms with Crippen LogP contribution in [0.2, 0.25) is 0 Å². The number of hydrogen-bond acceptors (Lipinski definition) is 20. The maximum Gasteiger partial charge on any atom is 0.336 e. The van der Waals surface area contributed by atoms with E-state index in [-0.39, 0.29) is 101 Å². The Labute approximate surface area is 544 Å². The van der Waals surface area contributed by atoms with Gasteiger partial charge in [0.15, 0.2) is 5.96 Å². The van der Waals surface area contributed by atoms with Gasteiger partial charge in [0.1, 0.15) is 65.4 Å². The number of methoxy groups -OCH3 is 1. The summed E-state index contributed by atoms with van der Waals surface area (Å²) in [7, 11) is 1.43. The number of carbonyl (C=O) groups excluding carboxylic acids is 10. The highest BCUT2D eigenvalue weighted by Crippen LogP contribution is 2.29. The number of nitrogens with two attached hydrogens (primary N) is 3. The fraction of sp³-hybridized carbons (Fsp3) is 0.475. The van der Waals surface area contributed by atoms with Crippen molar-refractivity contribution in [2.45, 2.75) is 140 Å². The van der Waals surface area contributed by atoms with Gasteiger partial charge in [-0.15, -0.1) is 0 Å². The molecule has 0 unspecified atom stereocenters. The zero-order valence-electron chi connectivity index (χ0n) is 53.1. The fourth-order valence-electron chi connectivity index (χ4n) is 10.2. The summed E-state index contributed by atoms with van der Waals surface area (Å²) < 4.78 is 10.4. The number of aliphatic hydroxyl groups is 1. The quantitative estimate of drug-likeness (QED) is 0.00630. The molecule has 4 aromatic rings. The number of non-ortho nitro benzene ring substituents is 1. The summed E-state index contributed by atoms with van der Waals surface area (Å²) in [5, 5.41) is 56.9. The average molecular weight is 1330 g/mol. The highest BCUT2D eigenvalue weighted by Gasteiger charge is 2.39. The summed E-state index contributed by atoms with van der Waals surface area (Å²) >= 11 is 0. The molecule has 2 heterocycles. The zero-order valence-corrected chi connectivity index (χ0v) is 53.1. The van der Waals surface area contributed by atoms with Crippen molar-refractivity contribution in [1.29, 1.82) is 0 Å². The molecule has 0 saturated carbocycles. The first kappa shape index (κ1) is 74.9. The number of fused-ring (bicyclic) bond motifs is 1. The van der Waals surface area contributed by atoms with Gasteiger partial charge in [0.05, 0.1) is 42.6 Å². The molecule has 16 N–H and O–H groups in total. The average Bonchev–Trinajstić information content (AvgIpc) is 1.34. The first-order valence-corrected chi connectivity index (χ1v) is 30.5. The lowest BCUT2D eigenvalue weighted by Crippen LogP contribution is -2.60. The van der Waals surface area contributed by atoms with Gasteiger partial charge < -0.3 is 84.2 Å². The van der Waals surface area contributed by atoms with E-state index in [4.69, 9.17) is 26.4 Å². The number of guanidine groups is 1. The number of aliphatic hydroxyl groups excluding tert-OH is 1. The SMILES string of the molecule is COc1ccc2c(CC(=O)NCC(=O)N[C@@H](CO)C(=O)N3CCC[C@H]3C(=O)N[C@@H](C)C(=O)N[C@@H](Cc3ccccc3)C(=O)N[C@@H](CC(C)C)C(=O)N[C@@H](C)C(=O)N[C@@H](CCCCNc3ccc([N+](=O)[O-])cc3[N+](=O)[O-])C(=O)N[C@H](CCCN=C(N)N)C(N)=O)cc(=O)oc2c1. The molecule has 514 valence electrons. The van der Waals surface area contributed by atoms with Crippen molar-refractivity contribution in [2.24, 2.45) is 28.1 Å². The number of nitrogens with one attached hydrogen (secondary N) is 9. The van der Waals surface area contributed by atoms with E-state index in [0.717, 1.165) is 23.1 Å². The lowest BCUT2D eigenvalue weighted by molar-refractivity contribution is -0.393. The lowest BCUT2D eigenvalue weighted by atomic mass is 10.0. The van der Waals surface area contributed by atoms with Crippen LogP contribution < -0.4 is 75.4 Å². The number of nitro groups is 2. The van der Waals surface area contributed by atoms with Crippen molar-refractivity contribution in [1.82, 2.24) is 47.4 Å². The molecule has 1 saturated heterocycles. The van der Waals surface area contributed by atoms with Gasteiger partial charge in [0.25, 0.3) is 11.4 Å². The molecule has 1 aliphatic heterocycles. The highest BCUT2D eigenvalue weighted by molar-refractivity contribution is 5.99. The number of ether oxygens (including phenoxy) is 1. The molecule has 0 aliphatic carbocycles. The molecule has 34 nitrogen and oxygen atoms in total. The van der Waals surface area contributed by atoms with Crippen LogP contribution in [-0.2, 0) is 60.8 Å². The minimum Gasteiger partial charge on any atom is -0.497 e. The summed E-state index contributed by atoms with van der Waals surface area (Å²) in [4.78, 5) is 175. The van der Waals surface area contributed by atoms with Gasteiger partial charge >= 0.3 is 5.63 Å². The van der Waals surface area contributed by atoms with Crippen LogP contribution in [0.25, 0.3) is 11.0 Å². The second kappa shape index (κ2) is 36.4. The Morgan fingerprint density at radius 2 is 1.36 bits per heavy atom. The maximum atomic E-state index is 14.4. The number of unbranched alkanes of at least 4 members (excludes halogenated alkanes) is 1. The first-order chi connectivity index (χ1) is 45.1. The second-order valence-electron chi connectivity index (χ2n) is 22.9. The van der Waals surface area contributed by atoms with Crippen molar-refractivity contribution < 1.29 is 72.1 Å². The monoisotopic (exact) mass is 1330 g/mol. The van der Waals surface area contributed by atoms with E-state index in [9.17, 15) is 78.1 Å². The van der Waals surface area contributed by atoms with E-state index < -0.39 is 147 Å². The number of amides is 10. The molecule has 0 bridgehead atoms. The van der Waals surface area contributed by atoms with Gasteiger partial charge in [-0.1, -0.05) is 44.2 Å². The molecule has 5 rings (SSSR count). The van der Waals surface area contributed by atoms with Crippen molar-refractivity contribution in [2.75, 3.05) is 45.2 Å². The molecule has 1 aromatic heterocycles. The third kappa shape index (κ3) is 23.4. The van der Waals surface area contributed by atoms with Crippen LogP contribution in [0.4, 0.5) is 17.1 Å². The van der Waals surface area contributed by atoms with Crippen LogP contribution in [0.15, 0.2) is 87.0 Å². The molecule has 0 spiro atoms. The molecular formula is C61H82N16O18. The standard InChI is InChI=1S/C61H82N16O18/c1-33(2)25-44(57(86)68-34(3)54(83)72-43(56(85)71-42(53(62)82)16-11-23-66-61(63)64)15-9-10-22-65-41-21-18-38(76(90)91)29-48(41)77(92)93)74-58(87)45(26-36-13-7-6-8-14-36)73-55(84)35(4)69-59(88)47-17-12-24-75(47)60(89)46(32-78)70-51(80)31-67-50(79)27-37-28-52(81)95-49-30-39(94-5)19-20-40(37)49/h6-8,13-14,18-21,28-30,33-35,42-47,65,78H,9-12,15-17,22-27,31-32H2,1-5H3,(H2,62,82)(H,67,79)(H,68,86)(H,69,88)(H,70,80)(H,71,85)(H,72,83)(H,73,84)(H,74,87)(H4,63,64,66)/t34-,35-,42+,43-,44-,45-,46-,47-/m0/s1. The van der Waals surface area contributed by atoms with E-state index in [1.54, 1.807) is 56.3 Å². The van der Waals surface area contributed by atoms with Gasteiger partial charge in [-0.3, -0.25) is 73.2 Å². The van der Waals surface area contributed by atoms with E-state index >= 15 is 0 Å². The van der Waals surface area contributed by atoms with Crippen LogP contribution in [0.5, 0.6) is 5.75 Å². The molecule has 34 heteroatoms. The van der Waals surface area contributed by atoms with Crippen molar-refractivity contribution >= 4 is 93.1 Å². The largest absolute Gasteiger partial charge is 0.497 e. The third-order valence-corrected chi connectivity index (χ3v) is 15.1. The molecule has 8 atom stereocenters. The number of aliphatic imine (C=N–C) groups is 1. The lowest BCUT2D eigenvalue weighted by Gasteiger charge is -2.29. The van der Waals surface area contributed by atoms with E-state index in [1.165, 1.54) is 33.1 Å². The van der Waals surface area contributed by atoms with Crippen molar-refractivity contribution in [3.8, 4) is 5.75 Å². The summed E-state index contributed by atoms with van der Waals surface area (Å²) in [5.74, 6) is -8.28. The van der Waals surface area contributed by atoms with Gasteiger partial charge in [-0.05, 0) is 100 Å². The smallest absolute Gasteiger partial charge is 0.336 e. The molecule has 0 radical (unpaired) electrons. The molecule has 1 aliphatic rings. The predicted molar refractivity (Wildman–Crippen MR) is 343 cm³/mol. The van der Waals surface area contributed by atoms with Gasteiger partial charge in [0, 0.05) is 49.6 Å². The molecular weight excluding hydrogens is 1240 g/mol. The number of nitrogens with zero attached hydrogens (tertiary/aromatic N) is 4. The number of primary amides is 1. The van der Waals surface area contributed by atoms with Crippen LogP contribution in [0.3, 0.4) is 0 Å². The normalized spacial score (nSPS) is 14.8. The maximum absolute atomic E-state index is 14.4. The number of anilines is 1. The van der Waals surface area contributed by atoms with Crippen molar-refractivity contribution in [3.63, 3.8) is 0 Å². The topological polar surface area (TPSA) is 519 Å². The summed E-state index contributed by atoms with van der Waals surface area (Å²) in [6, 6.07) is 6.69. The van der Waals surface area contributed by atoms with Crippen LogP contribution in [0, 0.1) is 26.1 Å². The molecule has 3 aromatic carbocycles. The Hall–Kier alpha value is -10.8. The summed E-state index contributed by atoms with van der Waals surface area (Å²) in [6.45, 7) is 4.87. The number of hydrogen-bond donors (Lipinski definition) is 13. The Morgan fingerprint density at radius 3 is 2.00 bits per heavy atom. The Bertz CT molecular complexity index is 3530. The zero-order chi connectivity index (χ0) is 70.1. The van der Waals surface area contributed by atoms with E-state index in [1.807, 2.05) is 0 Å². The number of benzene rings is 3. The number of nitro benzene ring substituents is 2. The van der Waals surface area contributed by atoms with Crippen LogP contribution in [0.1, 0.15) is 90.2 Å². The summed E-state index contributed by atoms with van der Waals surface area (Å²) in [5.41, 5.74) is 15.7. The molecule has 95 heavy (non-hydrogen) atoms. The Morgan fingerprint density at radius 1 is 0.716 bits per heavy atom. The first-order valence-electron chi connectivity index (χ1n) is 30.5. The minimum atomic E-state index is -1.55. The van der Waals surface area contributed by atoms with E-state index in [0.29, 0.717) is 28.7 Å². The Kier molecular flexibility index (Phi) is 28.7. The van der Waals surface area contributed by atoms with E-state index in [2.05, 4.69) is 52.8 Å². The molecule has 10 amide bonds. The van der Waals surface area contributed by atoms with Crippen molar-refractivity contribution in [3.05, 3.63) is 115 Å². The number of likely N-dealkylation sites (tertiary alicyclic amines) is 1. The minimum absolute atomic E-state index is 0.00466. The highest BCUT2D eigenvalue weighted by atomic mass is 16.6. The number of rotatable bonds is 37. The fourth-order valence-corrected chi connectivity index (χ4v) is 10.2. The second-order valence-corrected chi connectivity index (χ2v) is 22.9. The third-order valence-electron chi connectivity index (χ3n) is 15.1. The predicted octanol–water partition coefficient (Wildman–Crippen LogP) is -1.20. The van der Waals surface area contributed by atoms with Gasteiger partial charge in [-0.2, -0.15) is 0 Å². The van der Waals surface area contributed by atoms with Crippen LogP contribution >= 0.6 is 0 Å². The number of carbonyl (C=O) groups is 10. The van der Waals surface area contributed by atoms with Gasteiger partial charge in [0.2, 0.25) is 59.1 Å². The van der Waals surface area contributed by atoms with Gasteiger partial charge in [-0.25, -0.2) is 4.79 Å².